The van der Waals surface area contributed by atoms with Crippen molar-refractivity contribution >= 4 is 5.91 Å². The summed E-state index contributed by atoms with van der Waals surface area (Å²) in [6.45, 7) is 11.5. The van der Waals surface area contributed by atoms with Crippen molar-refractivity contribution in [3.8, 4) is 0 Å². The maximum atomic E-state index is 12.1. The van der Waals surface area contributed by atoms with Gasteiger partial charge >= 0.3 is 0 Å². The largest absolute Gasteiger partial charge is 0.355 e. The molecule has 112 valence electrons. The number of rotatable bonds is 6. The topological polar surface area (TPSA) is 44.4 Å². The second-order valence-electron chi connectivity index (χ2n) is 6.31. The van der Waals surface area contributed by atoms with Gasteiger partial charge in [-0.3, -0.25) is 9.69 Å². The molecule has 1 aliphatic heterocycles. The van der Waals surface area contributed by atoms with Crippen molar-refractivity contribution in [2.75, 3.05) is 26.7 Å². The summed E-state index contributed by atoms with van der Waals surface area (Å²) in [4.78, 5) is 14.4. The van der Waals surface area contributed by atoms with Crippen molar-refractivity contribution in [3.05, 3.63) is 0 Å². The Morgan fingerprint density at radius 2 is 2.05 bits per heavy atom. The number of amides is 1. The van der Waals surface area contributed by atoms with Crippen LogP contribution in [0.25, 0.3) is 0 Å². The van der Waals surface area contributed by atoms with Crippen LogP contribution in [-0.4, -0.2) is 49.6 Å². The predicted octanol–water partition coefficient (Wildman–Crippen LogP) is 1.47. The zero-order chi connectivity index (χ0) is 14.4. The van der Waals surface area contributed by atoms with Crippen LogP contribution in [0.4, 0.5) is 0 Å². The van der Waals surface area contributed by atoms with E-state index in [9.17, 15) is 4.79 Å². The van der Waals surface area contributed by atoms with E-state index in [0.717, 1.165) is 32.5 Å². The quantitative estimate of drug-likeness (QED) is 0.767. The molecule has 0 saturated carbocycles. The van der Waals surface area contributed by atoms with Crippen molar-refractivity contribution in [2.24, 2.45) is 11.8 Å². The van der Waals surface area contributed by atoms with Crippen molar-refractivity contribution < 1.29 is 4.79 Å². The molecule has 0 aromatic heterocycles. The van der Waals surface area contributed by atoms with Crippen LogP contribution < -0.4 is 10.6 Å². The first kappa shape index (κ1) is 16.4. The van der Waals surface area contributed by atoms with Gasteiger partial charge in [-0.2, -0.15) is 0 Å². The van der Waals surface area contributed by atoms with Gasteiger partial charge in [0.15, 0.2) is 0 Å². The zero-order valence-electron chi connectivity index (χ0n) is 13.2. The van der Waals surface area contributed by atoms with E-state index in [-0.39, 0.29) is 11.9 Å². The summed E-state index contributed by atoms with van der Waals surface area (Å²) in [5, 5.41) is 6.42. The lowest BCUT2D eigenvalue weighted by Crippen LogP contribution is -2.54. The molecule has 0 radical (unpaired) electrons. The van der Waals surface area contributed by atoms with Gasteiger partial charge in [0.05, 0.1) is 6.04 Å². The predicted molar refractivity (Wildman–Crippen MR) is 80.1 cm³/mol. The summed E-state index contributed by atoms with van der Waals surface area (Å²) in [5.74, 6) is 1.42. The average molecular weight is 269 g/mol. The Hall–Kier alpha value is -0.610. The number of carbonyl (C=O) groups is 1. The van der Waals surface area contributed by atoms with E-state index in [0.29, 0.717) is 17.9 Å². The maximum Gasteiger partial charge on any atom is 0.237 e. The normalized spacial score (nSPS) is 26.4. The van der Waals surface area contributed by atoms with Crippen LogP contribution >= 0.6 is 0 Å². The number of carbonyl (C=O) groups excluding carboxylic acids is 1. The Labute approximate surface area is 118 Å². The maximum absolute atomic E-state index is 12.1. The molecular weight excluding hydrogens is 238 g/mol. The third kappa shape index (κ3) is 5.11. The minimum atomic E-state index is -0.00702. The fourth-order valence-corrected chi connectivity index (χ4v) is 2.76. The molecule has 0 aromatic carbocycles. The highest BCUT2D eigenvalue weighted by Crippen LogP contribution is 2.18. The van der Waals surface area contributed by atoms with Crippen LogP contribution in [-0.2, 0) is 4.79 Å². The van der Waals surface area contributed by atoms with Gasteiger partial charge in [0.2, 0.25) is 5.91 Å². The number of likely N-dealkylation sites (tertiary alicyclic amines) is 1. The number of nitrogens with zero attached hydrogens (tertiary/aromatic N) is 1. The summed E-state index contributed by atoms with van der Waals surface area (Å²) in [6, 6.07) is 0.583. The molecule has 4 nitrogen and oxygen atoms in total. The highest BCUT2D eigenvalue weighted by molar-refractivity contribution is 5.81. The monoisotopic (exact) mass is 269 g/mol. The van der Waals surface area contributed by atoms with Gasteiger partial charge in [0.25, 0.3) is 0 Å². The van der Waals surface area contributed by atoms with Crippen LogP contribution in [0.5, 0.6) is 0 Å². The smallest absolute Gasteiger partial charge is 0.237 e. The molecule has 19 heavy (non-hydrogen) atoms. The summed E-state index contributed by atoms with van der Waals surface area (Å²) >= 11 is 0. The van der Waals surface area contributed by atoms with Gasteiger partial charge in [-0.15, -0.1) is 0 Å². The third-order valence-corrected chi connectivity index (χ3v) is 4.26. The Kier molecular flexibility index (Phi) is 6.80. The molecule has 1 amide bonds. The van der Waals surface area contributed by atoms with E-state index in [1.165, 1.54) is 0 Å². The number of hydrogen-bond acceptors (Lipinski definition) is 3. The van der Waals surface area contributed by atoms with Gasteiger partial charge < -0.3 is 10.6 Å². The first-order chi connectivity index (χ1) is 8.95. The summed E-state index contributed by atoms with van der Waals surface area (Å²) in [6.07, 6.45) is 2.18. The van der Waals surface area contributed by atoms with E-state index in [2.05, 4.69) is 36.3 Å². The van der Waals surface area contributed by atoms with Gasteiger partial charge in [-0.25, -0.2) is 0 Å². The molecule has 4 heteroatoms. The minimum Gasteiger partial charge on any atom is -0.355 e. The molecule has 0 aliphatic carbocycles. The SMILES string of the molecule is CNC1CCN(C(C)C(=O)NCCC(C)C)CC1C. The molecule has 0 aromatic rings. The lowest BCUT2D eigenvalue weighted by atomic mass is 9.93. The lowest BCUT2D eigenvalue weighted by Gasteiger charge is -2.39. The molecule has 3 unspecified atom stereocenters. The van der Waals surface area contributed by atoms with E-state index in [4.69, 9.17) is 0 Å². The zero-order valence-corrected chi connectivity index (χ0v) is 13.2. The number of nitrogens with one attached hydrogen (secondary N) is 2. The summed E-state index contributed by atoms with van der Waals surface area (Å²) < 4.78 is 0. The standard InChI is InChI=1S/C15H31N3O/c1-11(2)6-8-17-15(19)13(4)18-9-7-14(16-5)12(3)10-18/h11-14,16H,6-10H2,1-5H3,(H,17,19). The molecule has 1 heterocycles. The van der Waals surface area contributed by atoms with E-state index >= 15 is 0 Å². The fourth-order valence-electron chi connectivity index (χ4n) is 2.76. The first-order valence-corrected chi connectivity index (χ1v) is 7.64. The third-order valence-electron chi connectivity index (χ3n) is 4.26. The average Bonchev–Trinajstić information content (AvgIpc) is 2.37. The van der Waals surface area contributed by atoms with Crippen LogP contribution in [0.2, 0.25) is 0 Å². The van der Waals surface area contributed by atoms with E-state index < -0.39 is 0 Å². The van der Waals surface area contributed by atoms with E-state index in [1.54, 1.807) is 0 Å². The molecule has 0 spiro atoms. The molecule has 1 rings (SSSR count). The molecule has 1 aliphatic rings. The molecule has 3 atom stereocenters. The van der Waals surface area contributed by atoms with Gasteiger partial charge in [0.1, 0.15) is 0 Å². The molecule has 1 fully saturated rings. The molecular formula is C15H31N3O. The number of hydrogen-bond donors (Lipinski definition) is 2. The van der Waals surface area contributed by atoms with Crippen molar-refractivity contribution in [2.45, 2.75) is 52.6 Å². The lowest BCUT2D eigenvalue weighted by molar-refractivity contribution is -0.126. The van der Waals surface area contributed by atoms with Crippen LogP contribution in [0.3, 0.4) is 0 Å². The van der Waals surface area contributed by atoms with Crippen LogP contribution in [0.1, 0.15) is 40.5 Å². The van der Waals surface area contributed by atoms with Crippen molar-refractivity contribution in [3.63, 3.8) is 0 Å². The Morgan fingerprint density at radius 1 is 1.37 bits per heavy atom. The molecule has 2 N–H and O–H groups in total. The van der Waals surface area contributed by atoms with Gasteiger partial charge in [-0.1, -0.05) is 20.8 Å². The summed E-state index contributed by atoms with van der Waals surface area (Å²) in [5.41, 5.74) is 0. The van der Waals surface area contributed by atoms with Crippen LogP contribution in [0.15, 0.2) is 0 Å². The summed E-state index contributed by atoms with van der Waals surface area (Å²) in [7, 11) is 2.03. The van der Waals surface area contributed by atoms with E-state index in [1.807, 2.05) is 14.0 Å². The Balaban J connectivity index is 2.36. The molecule has 1 saturated heterocycles. The van der Waals surface area contributed by atoms with Gasteiger partial charge in [0, 0.05) is 25.7 Å². The minimum absolute atomic E-state index is 0.00702. The van der Waals surface area contributed by atoms with Gasteiger partial charge in [-0.05, 0) is 38.6 Å². The number of piperidine rings is 1. The second-order valence-corrected chi connectivity index (χ2v) is 6.31. The first-order valence-electron chi connectivity index (χ1n) is 7.64. The fraction of sp³-hybridized carbons (Fsp3) is 0.933. The second kappa shape index (κ2) is 7.85. The van der Waals surface area contributed by atoms with Crippen molar-refractivity contribution in [1.29, 1.82) is 0 Å². The Bertz CT molecular complexity index is 281. The van der Waals surface area contributed by atoms with Crippen LogP contribution in [0, 0.1) is 11.8 Å². The van der Waals surface area contributed by atoms with Crippen molar-refractivity contribution in [1.82, 2.24) is 15.5 Å². The Morgan fingerprint density at radius 3 is 2.58 bits per heavy atom. The highest BCUT2D eigenvalue weighted by Gasteiger charge is 2.29. The highest BCUT2D eigenvalue weighted by atomic mass is 16.2. The molecule has 0 bridgehead atoms.